The predicted molar refractivity (Wildman–Crippen MR) is 109 cm³/mol. The molecule has 0 fully saturated rings. The summed E-state index contributed by atoms with van der Waals surface area (Å²) in [4.78, 5) is 34.0. The van der Waals surface area contributed by atoms with Gasteiger partial charge in [0.15, 0.2) is 11.5 Å². The first-order valence-corrected chi connectivity index (χ1v) is 10.6. The molecule has 0 amide bonds. The second-order valence-corrected chi connectivity index (χ2v) is 8.52. The van der Waals surface area contributed by atoms with Crippen LogP contribution in [-0.4, -0.2) is 15.6 Å². The van der Waals surface area contributed by atoms with E-state index in [1.807, 2.05) is 36.4 Å². The summed E-state index contributed by atoms with van der Waals surface area (Å²) < 4.78 is 17.8. The lowest BCUT2D eigenvalue weighted by Crippen LogP contribution is -2.19. The Kier molecular flexibility index (Phi) is 3.96. The van der Waals surface area contributed by atoms with Crippen LogP contribution in [0, 0.1) is 0 Å². The van der Waals surface area contributed by atoms with Gasteiger partial charge in [0.2, 0.25) is 5.88 Å². The summed E-state index contributed by atoms with van der Waals surface area (Å²) in [7, 11) is -4.43. The van der Waals surface area contributed by atoms with Crippen LogP contribution in [0.3, 0.4) is 0 Å². The van der Waals surface area contributed by atoms with Crippen molar-refractivity contribution in [2.75, 3.05) is 4.90 Å². The Morgan fingerprint density at radius 1 is 0.931 bits per heavy atom. The van der Waals surface area contributed by atoms with Crippen LogP contribution in [0.5, 0.6) is 5.75 Å². The summed E-state index contributed by atoms with van der Waals surface area (Å²) in [5.74, 6) is 0.857. The zero-order valence-corrected chi connectivity index (χ0v) is 16.0. The van der Waals surface area contributed by atoms with Crippen molar-refractivity contribution in [1.29, 1.82) is 0 Å². The average Bonchev–Trinajstić information content (AvgIpc) is 3.25. The van der Waals surface area contributed by atoms with Gasteiger partial charge in [-0.2, -0.15) is 0 Å². The minimum atomic E-state index is -4.43. The Balaban J connectivity index is 1.70. The van der Waals surface area contributed by atoms with Gasteiger partial charge >= 0.3 is 7.60 Å². The van der Waals surface area contributed by atoms with Crippen LogP contribution in [-0.2, 0) is 11.0 Å². The van der Waals surface area contributed by atoms with Crippen LogP contribution in [0.1, 0.15) is 15.9 Å². The fourth-order valence-corrected chi connectivity index (χ4v) is 4.34. The first kappa shape index (κ1) is 17.9. The number of allylic oxidation sites excluding steroid dienone is 1. The fraction of sp³-hybridized carbons (Fsp3) is 0.0455. The Morgan fingerprint density at radius 3 is 2.48 bits per heavy atom. The number of carbonyl (C=O) groups is 1. The summed E-state index contributed by atoms with van der Waals surface area (Å²) in [6.07, 6.45) is 0.438. The number of Topliss-reactive ketones (excluding diaryl/α,β-unsaturated/α-hetero) is 1. The van der Waals surface area contributed by atoms with Gasteiger partial charge in [0.05, 0.1) is 22.3 Å². The zero-order valence-electron chi connectivity index (χ0n) is 15.1. The standard InChI is InChI=1S/C22H16NO5P/c24-21-17-9-2-1-6-14(17)12-18(21)22-23(19-10-3-4-11-20(19)28-22)15-7-5-8-16(13-15)29(25,26)27/h1-11,13H,12H2,(H2,25,26,27)/b22-18-. The molecule has 1 aliphatic heterocycles. The van der Waals surface area contributed by atoms with Crippen molar-refractivity contribution in [3.63, 3.8) is 0 Å². The molecular weight excluding hydrogens is 389 g/mol. The first-order chi connectivity index (χ1) is 13.9. The Bertz CT molecular complexity index is 1240. The number of carbonyl (C=O) groups excluding carboxylic acids is 1. The van der Waals surface area contributed by atoms with E-state index in [0.717, 1.165) is 5.56 Å². The van der Waals surface area contributed by atoms with E-state index >= 15 is 0 Å². The number of hydrogen-bond acceptors (Lipinski definition) is 4. The van der Waals surface area contributed by atoms with Crippen LogP contribution in [0.4, 0.5) is 11.4 Å². The number of ketones is 1. The van der Waals surface area contributed by atoms with Crippen LogP contribution >= 0.6 is 7.60 Å². The van der Waals surface area contributed by atoms with E-state index < -0.39 is 7.60 Å². The van der Waals surface area contributed by atoms with Crippen molar-refractivity contribution < 1.29 is 23.9 Å². The summed E-state index contributed by atoms with van der Waals surface area (Å²) in [6, 6.07) is 20.9. The summed E-state index contributed by atoms with van der Waals surface area (Å²) in [5, 5.41) is -0.0928. The van der Waals surface area contributed by atoms with Gasteiger partial charge in [-0.1, -0.05) is 42.5 Å². The largest absolute Gasteiger partial charge is 0.438 e. The van der Waals surface area contributed by atoms with Gasteiger partial charge < -0.3 is 14.5 Å². The molecule has 0 aromatic heterocycles. The Morgan fingerprint density at radius 2 is 1.69 bits per heavy atom. The molecule has 0 unspecified atom stereocenters. The maximum Gasteiger partial charge on any atom is 0.356 e. The normalized spacial score (nSPS) is 17.9. The zero-order chi connectivity index (χ0) is 20.2. The number of ether oxygens (including phenoxy) is 1. The molecule has 0 saturated carbocycles. The quantitative estimate of drug-likeness (QED) is 0.500. The predicted octanol–water partition coefficient (Wildman–Crippen LogP) is 3.67. The number of hydrogen-bond donors (Lipinski definition) is 2. The molecule has 1 heterocycles. The number of anilines is 2. The average molecular weight is 405 g/mol. The Labute approximate surface area is 166 Å². The summed E-state index contributed by atoms with van der Waals surface area (Å²) in [6.45, 7) is 0. The number of benzene rings is 3. The molecule has 5 rings (SSSR count). The third-order valence-electron chi connectivity index (χ3n) is 5.10. The second-order valence-electron chi connectivity index (χ2n) is 6.92. The van der Waals surface area contributed by atoms with Crippen LogP contribution in [0.25, 0.3) is 0 Å². The van der Waals surface area contributed by atoms with Gasteiger partial charge in [-0.15, -0.1) is 0 Å². The van der Waals surface area contributed by atoms with E-state index in [1.54, 1.807) is 29.2 Å². The molecule has 0 spiro atoms. The van der Waals surface area contributed by atoms with E-state index in [9.17, 15) is 19.1 Å². The highest BCUT2D eigenvalue weighted by Gasteiger charge is 2.36. The third kappa shape index (κ3) is 2.89. The summed E-state index contributed by atoms with van der Waals surface area (Å²) in [5.41, 5.74) is 3.33. The van der Waals surface area contributed by atoms with Gasteiger partial charge in [-0.25, -0.2) is 0 Å². The van der Waals surface area contributed by atoms with Crippen molar-refractivity contribution in [2.45, 2.75) is 6.42 Å². The topological polar surface area (TPSA) is 87.1 Å². The fourth-order valence-electron chi connectivity index (χ4n) is 3.76. The molecular formula is C22H16NO5P. The van der Waals surface area contributed by atoms with Crippen molar-refractivity contribution in [3.05, 3.63) is 95.4 Å². The molecule has 1 aliphatic carbocycles. The molecule has 0 saturated heterocycles. The lowest BCUT2D eigenvalue weighted by Gasteiger charge is -2.21. The second kappa shape index (κ2) is 6.42. The monoisotopic (exact) mass is 405 g/mol. The van der Waals surface area contributed by atoms with Gasteiger partial charge in [-0.05, 0) is 35.9 Å². The Hall–Kier alpha value is -3.18. The third-order valence-corrected chi connectivity index (χ3v) is 6.05. The van der Waals surface area contributed by atoms with E-state index in [1.165, 1.54) is 12.1 Å². The minimum absolute atomic E-state index is 0.0928. The molecule has 144 valence electrons. The molecule has 3 aromatic carbocycles. The lowest BCUT2D eigenvalue weighted by atomic mass is 10.1. The maximum atomic E-state index is 13.0. The number of nitrogens with zero attached hydrogens (tertiary/aromatic N) is 1. The first-order valence-electron chi connectivity index (χ1n) is 9.02. The van der Waals surface area contributed by atoms with Crippen LogP contribution < -0.4 is 14.9 Å². The van der Waals surface area contributed by atoms with E-state index in [0.29, 0.717) is 40.6 Å². The molecule has 0 atom stereocenters. The molecule has 6 nitrogen and oxygen atoms in total. The molecule has 7 heteroatoms. The highest BCUT2D eigenvalue weighted by Crippen LogP contribution is 2.46. The molecule has 2 aliphatic rings. The number of para-hydroxylation sites is 2. The summed E-state index contributed by atoms with van der Waals surface area (Å²) >= 11 is 0. The number of fused-ring (bicyclic) bond motifs is 2. The van der Waals surface area contributed by atoms with Crippen molar-refractivity contribution in [3.8, 4) is 5.75 Å². The molecule has 0 radical (unpaired) electrons. The van der Waals surface area contributed by atoms with Gasteiger partial charge in [0.25, 0.3) is 0 Å². The molecule has 2 N–H and O–H groups in total. The molecule has 3 aromatic rings. The van der Waals surface area contributed by atoms with Crippen LogP contribution in [0.2, 0.25) is 0 Å². The lowest BCUT2D eigenvalue weighted by molar-refractivity contribution is 0.103. The number of rotatable bonds is 2. The highest BCUT2D eigenvalue weighted by molar-refractivity contribution is 7.60. The van der Waals surface area contributed by atoms with Crippen molar-refractivity contribution in [2.24, 2.45) is 0 Å². The van der Waals surface area contributed by atoms with E-state index in [-0.39, 0.29) is 11.1 Å². The van der Waals surface area contributed by atoms with Gasteiger partial charge in [0, 0.05) is 12.0 Å². The minimum Gasteiger partial charge on any atom is -0.438 e. The smallest absolute Gasteiger partial charge is 0.356 e. The van der Waals surface area contributed by atoms with Gasteiger partial charge in [-0.3, -0.25) is 14.3 Å². The van der Waals surface area contributed by atoms with Crippen LogP contribution in [0.15, 0.2) is 84.3 Å². The van der Waals surface area contributed by atoms with E-state index in [2.05, 4.69) is 0 Å². The molecule has 0 bridgehead atoms. The SMILES string of the molecule is O=C1/C(=C2\Oc3ccccc3N2c2cccc(P(=O)(O)O)c2)Cc2ccccc21. The molecule has 29 heavy (non-hydrogen) atoms. The maximum absolute atomic E-state index is 13.0. The van der Waals surface area contributed by atoms with Gasteiger partial charge in [0.1, 0.15) is 0 Å². The highest BCUT2D eigenvalue weighted by atomic mass is 31.2. The van der Waals surface area contributed by atoms with Crippen molar-refractivity contribution in [1.82, 2.24) is 0 Å². The van der Waals surface area contributed by atoms with Crippen molar-refractivity contribution >= 4 is 30.1 Å². The van der Waals surface area contributed by atoms with E-state index in [4.69, 9.17) is 4.74 Å².